The molecule has 2 rings (SSSR count). The van der Waals surface area contributed by atoms with Gasteiger partial charge in [0.2, 0.25) is 5.91 Å². The molecule has 0 spiro atoms. The second-order valence-electron chi connectivity index (χ2n) is 5.07. The topological polar surface area (TPSA) is 101 Å². The molecular formula is C14H20N4O2. The first-order valence-electron chi connectivity index (χ1n) is 6.73. The van der Waals surface area contributed by atoms with E-state index in [0.29, 0.717) is 13.1 Å². The molecule has 0 saturated carbocycles. The Labute approximate surface area is 118 Å². The first kappa shape index (κ1) is 14.2. The number of carbonyl (C=O) groups is 2. The van der Waals surface area contributed by atoms with Crippen LogP contribution in [0.2, 0.25) is 0 Å². The minimum Gasteiger partial charge on any atom is -0.371 e. The number of nitrogens with two attached hydrogens (primary N) is 2. The third-order valence-corrected chi connectivity index (χ3v) is 3.59. The largest absolute Gasteiger partial charge is 0.371 e. The lowest BCUT2D eigenvalue weighted by molar-refractivity contribution is -0.122. The van der Waals surface area contributed by atoms with Crippen molar-refractivity contribution in [1.29, 1.82) is 0 Å². The number of anilines is 1. The zero-order valence-corrected chi connectivity index (χ0v) is 11.3. The predicted molar refractivity (Wildman–Crippen MR) is 77.0 cm³/mol. The van der Waals surface area contributed by atoms with E-state index in [4.69, 9.17) is 11.5 Å². The normalized spacial score (nSPS) is 18.6. The molecule has 1 aromatic carbocycles. The van der Waals surface area contributed by atoms with Crippen molar-refractivity contribution < 1.29 is 9.59 Å². The monoisotopic (exact) mass is 276 g/mol. The Bertz CT molecular complexity index is 486. The van der Waals surface area contributed by atoms with Crippen LogP contribution in [0, 0.1) is 5.92 Å². The molecule has 1 fully saturated rings. The van der Waals surface area contributed by atoms with Crippen LogP contribution in [-0.4, -0.2) is 25.0 Å². The van der Waals surface area contributed by atoms with Crippen LogP contribution in [0.25, 0.3) is 0 Å². The lowest BCUT2D eigenvalue weighted by Gasteiger charge is -2.33. The second-order valence-corrected chi connectivity index (χ2v) is 5.07. The maximum atomic E-state index is 11.3. The molecule has 6 heteroatoms. The quantitative estimate of drug-likeness (QED) is 0.748. The molecule has 0 bridgehead atoms. The Morgan fingerprint density at radius 1 is 1.25 bits per heavy atom. The highest BCUT2D eigenvalue weighted by Gasteiger charge is 2.23. The number of piperidine rings is 1. The Morgan fingerprint density at radius 3 is 2.55 bits per heavy atom. The molecule has 0 aromatic heterocycles. The van der Waals surface area contributed by atoms with Crippen molar-refractivity contribution in [3.63, 3.8) is 0 Å². The highest BCUT2D eigenvalue weighted by Crippen LogP contribution is 2.23. The molecule has 0 aliphatic carbocycles. The van der Waals surface area contributed by atoms with E-state index in [0.717, 1.165) is 30.6 Å². The molecule has 1 heterocycles. The van der Waals surface area contributed by atoms with Crippen LogP contribution < -0.4 is 21.7 Å². The fourth-order valence-electron chi connectivity index (χ4n) is 2.46. The van der Waals surface area contributed by atoms with Crippen LogP contribution in [0.5, 0.6) is 0 Å². The van der Waals surface area contributed by atoms with Gasteiger partial charge in [-0.1, -0.05) is 12.1 Å². The number of primary amides is 2. The van der Waals surface area contributed by atoms with Crippen LogP contribution >= 0.6 is 0 Å². The molecule has 0 radical (unpaired) electrons. The minimum absolute atomic E-state index is 0.0695. The van der Waals surface area contributed by atoms with Crippen molar-refractivity contribution in [2.45, 2.75) is 19.4 Å². The van der Waals surface area contributed by atoms with E-state index in [2.05, 4.69) is 10.2 Å². The molecule has 1 aliphatic rings. The molecule has 1 aromatic rings. The first-order chi connectivity index (χ1) is 9.56. The van der Waals surface area contributed by atoms with Crippen LogP contribution in [0.1, 0.15) is 18.4 Å². The van der Waals surface area contributed by atoms with Crippen molar-refractivity contribution in [2.75, 3.05) is 18.0 Å². The van der Waals surface area contributed by atoms with Crippen molar-refractivity contribution >= 4 is 17.6 Å². The van der Waals surface area contributed by atoms with Gasteiger partial charge in [-0.3, -0.25) is 4.79 Å². The van der Waals surface area contributed by atoms with Gasteiger partial charge in [-0.15, -0.1) is 0 Å². The number of hydrogen-bond donors (Lipinski definition) is 3. The third-order valence-electron chi connectivity index (χ3n) is 3.59. The Hall–Kier alpha value is -2.24. The van der Waals surface area contributed by atoms with Crippen LogP contribution in [0.3, 0.4) is 0 Å². The van der Waals surface area contributed by atoms with E-state index in [9.17, 15) is 9.59 Å². The van der Waals surface area contributed by atoms with Crippen molar-refractivity contribution in [2.24, 2.45) is 17.4 Å². The van der Waals surface area contributed by atoms with Gasteiger partial charge in [0.25, 0.3) is 0 Å². The minimum atomic E-state index is -0.533. The summed E-state index contributed by atoms with van der Waals surface area (Å²) in [6, 6.07) is 7.33. The summed E-state index contributed by atoms with van der Waals surface area (Å²) in [6.07, 6.45) is 1.84. The van der Waals surface area contributed by atoms with Gasteiger partial charge < -0.3 is 21.7 Å². The molecule has 6 nitrogen and oxygen atoms in total. The van der Waals surface area contributed by atoms with Gasteiger partial charge in [-0.2, -0.15) is 0 Å². The maximum absolute atomic E-state index is 11.3. The standard InChI is InChI=1S/C14H20N4O2/c15-13(19)11-2-1-7-18(9-11)12-5-3-10(4-6-12)8-17-14(16)20/h3-6,11H,1-2,7-9H2,(H2,15,19)(H3,16,17,20). The van der Waals surface area contributed by atoms with E-state index >= 15 is 0 Å². The summed E-state index contributed by atoms with van der Waals surface area (Å²) in [4.78, 5) is 24.1. The van der Waals surface area contributed by atoms with E-state index in [1.807, 2.05) is 24.3 Å². The van der Waals surface area contributed by atoms with Crippen molar-refractivity contribution in [3.05, 3.63) is 29.8 Å². The molecule has 3 amide bonds. The van der Waals surface area contributed by atoms with E-state index < -0.39 is 6.03 Å². The zero-order chi connectivity index (χ0) is 14.5. The zero-order valence-electron chi connectivity index (χ0n) is 11.3. The number of nitrogens with one attached hydrogen (secondary N) is 1. The summed E-state index contributed by atoms with van der Waals surface area (Å²) in [7, 11) is 0. The summed E-state index contributed by atoms with van der Waals surface area (Å²) in [6.45, 7) is 2.02. The molecule has 5 N–H and O–H groups in total. The van der Waals surface area contributed by atoms with Gasteiger partial charge in [-0.25, -0.2) is 4.79 Å². The van der Waals surface area contributed by atoms with Crippen LogP contribution in [0.15, 0.2) is 24.3 Å². The molecule has 1 aliphatic heterocycles. The second kappa shape index (κ2) is 6.27. The molecule has 1 unspecified atom stereocenters. The Morgan fingerprint density at radius 2 is 1.95 bits per heavy atom. The molecule has 108 valence electrons. The highest BCUT2D eigenvalue weighted by molar-refractivity contribution is 5.77. The molecular weight excluding hydrogens is 256 g/mol. The lowest BCUT2D eigenvalue weighted by Crippen LogP contribution is -2.41. The number of urea groups is 1. The van der Waals surface area contributed by atoms with Crippen LogP contribution in [0.4, 0.5) is 10.5 Å². The summed E-state index contributed by atoms with van der Waals surface area (Å²) >= 11 is 0. The van der Waals surface area contributed by atoms with E-state index in [1.165, 1.54) is 0 Å². The average molecular weight is 276 g/mol. The number of amides is 3. The fourth-order valence-corrected chi connectivity index (χ4v) is 2.46. The van der Waals surface area contributed by atoms with Gasteiger partial charge in [0.15, 0.2) is 0 Å². The lowest BCUT2D eigenvalue weighted by atomic mass is 9.97. The number of rotatable bonds is 4. The molecule has 1 saturated heterocycles. The van der Waals surface area contributed by atoms with Gasteiger partial charge in [0.1, 0.15) is 0 Å². The van der Waals surface area contributed by atoms with Crippen LogP contribution in [-0.2, 0) is 11.3 Å². The summed E-state index contributed by atoms with van der Waals surface area (Å²) in [5.41, 5.74) is 12.5. The van der Waals surface area contributed by atoms with Gasteiger partial charge >= 0.3 is 6.03 Å². The fraction of sp³-hybridized carbons (Fsp3) is 0.429. The number of carbonyl (C=O) groups excluding carboxylic acids is 2. The molecule has 20 heavy (non-hydrogen) atoms. The predicted octanol–water partition coefficient (Wildman–Crippen LogP) is 0.557. The van der Waals surface area contributed by atoms with E-state index in [1.54, 1.807) is 0 Å². The summed E-state index contributed by atoms with van der Waals surface area (Å²) in [5.74, 6) is -0.295. The average Bonchev–Trinajstić information content (AvgIpc) is 2.46. The smallest absolute Gasteiger partial charge is 0.312 e. The number of nitrogens with zero attached hydrogens (tertiary/aromatic N) is 1. The van der Waals surface area contributed by atoms with Crippen molar-refractivity contribution in [3.8, 4) is 0 Å². The number of benzene rings is 1. The maximum Gasteiger partial charge on any atom is 0.312 e. The van der Waals surface area contributed by atoms with Gasteiger partial charge in [-0.05, 0) is 30.5 Å². The first-order valence-corrected chi connectivity index (χ1v) is 6.73. The summed E-state index contributed by atoms with van der Waals surface area (Å²) in [5, 5.41) is 2.55. The Balaban J connectivity index is 1.98. The van der Waals surface area contributed by atoms with Gasteiger partial charge in [0, 0.05) is 25.3 Å². The Kier molecular flexibility index (Phi) is 4.45. The number of hydrogen-bond acceptors (Lipinski definition) is 3. The SMILES string of the molecule is NC(=O)NCc1ccc(N2CCCC(C(N)=O)C2)cc1. The van der Waals surface area contributed by atoms with Gasteiger partial charge in [0.05, 0.1) is 5.92 Å². The summed E-state index contributed by atoms with van der Waals surface area (Å²) < 4.78 is 0. The van der Waals surface area contributed by atoms with E-state index in [-0.39, 0.29) is 11.8 Å². The molecule has 1 atom stereocenters. The highest BCUT2D eigenvalue weighted by atomic mass is 16.2. The van der Waals surface area contributed by atoms with Crippen molar-refractivity contribution in [1.82, 2.24) is 5.32 Å². The third kappa shape index (κ3) is 3.63.